The molecule has 0 saturated heterocycles. The van der Waals surface area contributed by atoms with Crippen LogP contribution in [-0.2, 0) is 4.79 Å². The molecule has 0 saturated carbocycles. The second-order valence-electron chi connectivity index (χ2n) is 5.76. The van der Waals surface area contributed by atoms with Crippen LogP contribution in [-0.4, -0.2) is 22.8 Å². The van der Waals surface area contributed by atoms with E-state index in [0.717, 1.165) is 5.56 Å². The number of aromatic nitrogens is 2. The van der Waals surface area contributed by atoms with Gasteiger partial charge < -0.3 is 10.1 Å². The van der Waals surface area contributed by atoms with E-state index in [2.05, 4.69) is 10.4 Å². The van der Waals surface area contributed by atoms with Gasteiger partial charge in [0.05, 0.1) is 12.8 Å². The molecule has 3 rings (SSSR count). The Morgan fingerprint density at radius 3 is 2.38 bits per heavy atom. The molecule has 0 aliphatic heterocycles. The fraction of sp³-hybridized carbons (Fsp3) is 0.150. The summed E-state index contributed by atoms with van der Waals surface area (Å²) in [6.45, 7) is 1.64. The number of hydrogen-bond acceptors (Lipinski definition) is 4. The molecule has 1 aromatic heterocycles. The molecule has 26 heavy (non-hydrogen) atoms. The molecule has 0 bridgehead atoms. The van der Waals surface area contributed by atoms with E-state index in [1.807, 2.05) is 30.3 Å². The van der Waals surface area contributed by atoms with E-state index in [1.54, 1.807) is 44.4 Å². The molecule has 3 aromatic rings. The molecule has 1 amide bonds. The summed E-state index contributed by atoms with van der Waals surface area (Å²) in [7, 11) is 1.58. The number of nitrogens with zero attached hydrogens (tertiary/aromatic N) is 2. The summed E-state index contributed by atoms with van der Waals surface area (Å²) < 4.78 is 6.29. The zero-order valence-corrected chi connectivity index (χ0v) is 14.5. The van der Waals surface area contributed by atoms with Crippen LogP contribution < -0.4 is 15.6 Å². The van der Waals surface area contributed by atoms with Crippen LogP contribution in [0.2, 0.25) is 0 Å². The highest BCUT2D eigenvalue weighted by molar-refractivity contribution is 5.93. The third kappa shape index (κ3) is 3.80. The molecule has 0 aliphatic rings. The molecule has 0 unspecified atom stereocenters. The van der Waals surface area contributed by atoms with Crippen LogP contribution in [0.25, 0.3) is 11.3 Å². The zero-order valence-electron chi connectivity index (χ0n) is 14.5. The summed E-state index contributed by atoms with van der Waals surface area (Å²) in [4.78, 5) is 24.7. The lowest BCUT2D eigenvalue weighted by Crippen LogP contribution is -2.33. The maximum absolute atomic E-state index is 12.5. The van der Waals surface area contributed by atoms with Crippen molar-refractivity contribution in [2.75, 3.05) is 12.4 Å². The van der Waals surface area contributed by atoms with Crippen LogP contribution in [0.3, 0.4) is 0 Å². The minimum Gasteiger partial charge on any atom is -0.497 e. The lowest BCUT2D eigenvalue weighted by molar-refractivity contribution is -0.119. The highest BCUT2D eigenvalue weighted by atomic mass is 16.5. The van der Waals surface area contributed by atoms with Gasteiger partial charge in [-0.05, 0) is 37.3 Å². The number of carbonyl (C=O) groups is 1. The Labute approximate surface area is 151 Å². The number of nitrogens with one attached hydrogen (secondary N) is 1. The molecule has 0 radical (unpaired) electrons. The standard InChI is InChI=1S/C20H19N3O3/c1-14(20(25)21-16-8-10-17(26-2)11-9-16)23-19(24)13-12-18(22-23)15-6-4-3-5-7-15/h3-14H,1-2H3,(H,21,25)/t14-/m0/s1. The number of carbonyl (C=O) groups excluding carboxylic acids is 1. The molecule has 6 nitrogen and oxygen atoms in total. The van der Waals surface area contributed by atoms with Crippen LogP contribution in [0.5, 0.6) is 5.75 Å². The summed E-state index contributed by atoms with van der Waals surface area (Å²) >= 11 is 0. The second kappa shape index (κ2) is 7.65. The van der Waals surface area contributed by atoms with Gasteiger partial charge in [0.15, 0.2) is 0 Å². The third-order valence-corrected chi connectivity index (χ3v) is 4.00. The Bertz CT molecular complexity index is 950. The second-order valence-corrected chi connectivity index (χ2v) is 5.76. The molecule has 2 aromatic carbocycles. The predicted octanol–water partition coefficient (Wildman–Crippen LogP) is 3.12. The quantitative estimate of drug-likeness (QED) is 0.768. The molecule has 6 heteroatoms. The maximum Gasteiger partial charge on any atom is 0.267 e. The highest BCUT2D eigenvalue weighted by Gasteiger charge is 2.18. The van der Waals surface area contributed by atoms with Gasteiger partial charge in [-0.2, -0.15) is 5.10 Å². The van der Waals surface area contributed by atoms with Crippen LogP contribution in [0.15, 0.2) is 71.5 Å². The van der Waals surface area contributed by atoms with Crippen LogP contribution in [0.4, 0.5) is 5.69 Å². The fourth-order valence-corrected chi connectivity index (χ4v) is 2.50. The zero-order chi connectivity index (χ0) is 18.5. The van der Waals surface area contributed by atoms with Crippen molar-refractivity contribution in [1.29, 1.82) is 0 Å². The molecule has 1 N–H and O–H groups in total. The Hall–Kier alpha value is -3.41. The average molecular weight is 349 g/mol. The summed E-state index contributed by atoms with van der Waals surface area (Å²) in [5, 5.41) is 7.14. The number of rotatable bonds is 5. The van der Waals surface area contributed by atoms with Gasteiger partial charge in [0.25, 0.3) is 5.56 Å². The van der Waals surface area contributed by atoms with Gasteiger partial charge in [-0.1, -0.05) is 30.3 Å². The Morgan fingerprint density at radius 2 is 1.73 bits per heavy atom. The van der Waals surface area contributed by atoms with Crippen molar-refractivity contribution in [2.24, 2.45) is 0 Å². The predicted molar refractivity (Wildman–Crippen MR) is 100 cm³/mol. The van der Waals surface area contributed by atoms with Gasteiger partial charge in [-0.15, -0.1) is 0 Å². The summed E-state index contributed by atoms with van der Waals surface area (Å²) in [5.41, 5.74) is 1.80. The van der Waals surface area contributed by atoms with Crippen molar-refractivity contribution >= 4 is 11.6 Å². The minimum absolute atomic E-state index is 0.324. The smallest absolute Gasteiger partial charge is 0.267 e. The van der Waals surface area contributed by atoms with Gasteiger partial charge in [0.2, 0.25) is 5.91 Å². The van der Waals surface area contributed by atoms with Gasteiger partial charge in [-0.25, -0.2) is 4.68 Å². The van der Waals surface area contributed by atoms with Crippen molar-refractivity contribution < 1.29 is 9.53 Å². The molecule has 0 spiro atoms. The lowest BCUT2D eigenvalue weighted by Gasteiger charge is -2.15. The van der Waals surface area contributed by atoms with E-state index in [1.165, 1.54) is 10.7 Å². The fourth-order valence-electron chi connectivity index (χ4n) is 2.50. The van der Waals surface area contributed by atoms with E-state index in [0.29, 0.717) is 17.1 Å². The number of amides is 1. The number of ether oxygens (including phenoxy) is 1. The Morgan fingerprint density at radius 1 is 1.04 bits per heavy atom. The first-order chi connectivity index (χ1) is 12.6. The lowest BCUT2D eigenvalue weighted by atomic mass is 10.1. The summed E-state index contributed by atoms with van der Waals surface area (Å²) in [6.07, 6.45) is 0. The van der Waals surface area contributed by atoms with Gasteiger partial charge >= 0.3 is 0 Å². The molecule has 0 aliphatic carbocycles. The van der Waals surface area contributed by atoms with Crippen molar-refractivity contribution in [2.45, 2.75) is 13.0 Å². The number of benzene rings is 2. The van der Waals surface area contributed by atoms with Crippen molar-refractivity contribution in [3.8, 4) is 17.0 Å². The highest BCUT2D eigenvalue weighted by Crippen LogP contribution is 2.18. The van der Waals surface area contributed by atoms with Crippen molar-refractivity contribution in [3.63, 3.8) is 0 Å². The Kier molecular flexibility index (Phi) is 5.12. The first kappa shape index (κ1) is 17.4. The summed E-state index contributed by atoms with van der Waals surface area (Å²) in [5.74, 6) is 0.375. The van der Waals surface area contributed by atoms with E-state index in [-0.39, 0.29) is 11.5 Å². The number of methoxy groups -OCH3 is 1. The topological polar surface area (TPSA) is 73.2 Å². The van der Waals surface area contributed by atoms with Crippen LogP contribution in [0.1, 0.15) is 13.0 Å². The normalized spacial score (nSPS) is 11.6. The molecular formula is C20H19N3O3. The third-order valence-electron chi connectivity index (χ3n) is 4.00. The number of hydrogen-bond donors (Lipinski definition) is 1. The van der Waals surface area contributed by atoms with Crippen molar-refractivity contribution in [1.82, 2.24) is 9.78 Å². The van der Waals surface area contributed by atoms with Gasteiger partial charge in [0, 0.05) is 17.3 Å². The van der Waals surface area contributed by atoms with E-state index in [4.69, 9.17) is 4.74 Å². The maximum atomic E-state index is 12.5. The van der Waals surface area contributed by atoms with Crippen LogP contribution >= 0.6 is 0 Å². The van der Waals surface area contributed by atoms with E-state index >= 15 is 0 Å². The van der Waals surface area contributed by atoms with Gasteiger partial charge in [-0.3, -0.25) is 9.59 Å². The number of anilines is 1. The molecule has 1 atom stereocenters. The summed E-state index contributed by atoms with van der Waals surface area (Å²) in [6, 6.07) is 18.8. The van der Waals surface area contributed by atoms with E-state index < -0.39 is 6.04 Å². The Balaban J connectivity index is 1.83. The van der Waals surface area contributed by atoms with Gasteiger partial charge in [0.1, 0.15) is 11.8 Å². The van der Waals surface area contributed by atoms with Crippen molar-refractivity contribution in [3.05, 3.63) is 77.1 Å². The molecule has 132 valence electrons. The molecule has 0 fully saturated rings. The molecule has 1 heterocycles. The van der Waals surface area contributed by atoms with E-state index in [9.17, 15) is 9.59 Å². The minimum atomic E-state index is -0.756. The molecular weight excluding hydrogens is 330 g/mol. The SMILES string of the molecule is COc1ccc(NC(=O)[C@H](C)n2nc(-c3ccccc3)ccc2=O)cc1. The largest absolute Gasteiger partial charge is 0.497 e. The average Bonchev–Trinajstić information content (AvgIpc) is 2.69. The first-order valence-corrected chi connectivity index (χ1v) is 8.18. The first-order valence-electron chi connectivity index (χ1n) is 8.18. The monoisotopic (exact) mass is 349 g/mol. The van der Waals surface area contributed by atoms with Crippen LogP contribution in [0, 0.1) is 0 Å².